The van der Waals surface area contributed by atoms with Crippen molar-refractivity contribution in [2.24, 2.45) is 0 Å². The Morgan fingerprint density at radius 1 is 1.12 bits per heavy atom. The Hall–Kier alpha value is -1.50. The van der Waals surface area contributed by atoms with Gasteiger partial charge in [0.1, 0.15) is 0 Å². The van der Waals surface area contributed by atoms with Crippen molar-refractivity contribution in [3.8, 4) is 5.69 Å². The molecule has 0 bridgehead atoms. The molecule has 2 aromatic carbocycles. The molecule has 0 atom stereocenters. The van der Waals surface area contributed by atoms with Gasteiger partial charge >= 0.3 is 0 Å². The van der Waals surface area contributed by atoms with Crippen LogP contribution in [-0.2, 0) is 12.2 Å². The molecule has 0 saturated heterocycles. The molecule has 1 aromatic heterocycles. The van der Waals surface area contributed by atoms with Crippen molar-refractivity contribution in [3.63, 3.8) is 0 Å². The normalized spacial score (nSPS) is 13.0. The molecule has 0 spiro atoms. The molecule has 0 N–H and O–H groups in total. The summed E-state index contributed by atoms with van der Waals surface area (Å²) in [6, 6.07) is 18.0. The average Bonchev–Trinajstić information content (AvgIpc) is 3.11. The number of rotatable bonds is 4. The molecule has 126 valence electrons. The van der Waals surface area contributed by atoms with Gasteiger partial charge in [-0.2, -0.15) is 0 Å². The van der Waals surface area contributed by atoms with Gasteiger partial charge in [0.25, 0.3) is 5.56 Å². The standard InChI is InChI=1S/C19H15BrN2OS2/c20-14-8-6-13(7-9-14)12-25-19-21-16-10-11-24-17(16)18(23)22(19)15-4-2-1-3-5-15/h1-9H,10-12H2. The number of thioether (sulfide) groups is 2. The van der Waals surface area contributed by atoms with Gasteiger partial charge in [0.2, 0.25) is 0 Å². The summed E-state index contributed by atoms with van der Waals surface area (Å²) in [6.45, 7) is 0. The minimum atomic E-state index is 0.0528. The highest BCUT2D eigenvalue weighted by Crippen LogP contribution is 2.31. The molecular weight excluding hydrogens is 416 g/mol. The van der Waals surface area contributed by atoms with Crippen molar-refractivity contribution in [3.05, 3.63) is 80.7 Å². The molecule has 3 aromatic rings. The van der Waals surface area contributed by atoms with Gasteiger partial charge in [0.15, 0.2) is 5.16 Å². The van der Waals surface area contributed by atoms with Crippen LogP contribution in [0.2, 0.25) is 0 Å². The Labute approximate surface area is 163 Å². The summed E-state index contributed by atoms with van der Waals surface area (Å²) < 4.78 is 2.82. The number of nitrogens with zero attached hydrogens (tertiary/aromatic N) is 2. The molecule has 0 amide bonds. The Bertz CT molecular complexity index is 956. The average molecular weight is 431 g/mol. The summed E-state index contributed by atoms with van der Waals surface area (Å²) >= 11 is 6.69. The molecule has 1 aliphatic heterocycles. The Morgan fingerprint density at radius 2 is 1.88 bits per heavy atom. The second-order valence-electron chi connectivity index (χ2n) is 5.66. The van der Waals surface area contributed by atoms with Gasteiger partial charge in [0.05, 0.1) is 16.3 Å². The van der Waals surface area contributed by atoms with Crippen molar-refractivity contribution < 1.29 is 0 Å². The number of para-hydroxylation sites is 1. The highest BCUT2D eigenvalue weighted by Gasteiger charge is 2.22. The minimum absolute atomic E-state index is 0.0528. The van der Waals surface area contributed by atoms with E-state index in [0.717, 1.165) is 43.8 Å². The fourth-order valence-electron chi connectivity index (χ4n) is 2.72. The lowest BCUT2D eigenvalue weighted by Gasteiger charge is -2.13. The van der Waals surface area contributed by atoms with Gasteiger partial charge in [-0.05, 0) is 29.8 Å². The van der Waals surface area contributed by atoms with Gasteiger partial charge in [-0.25, -0.2) is 4.98 Å². The maximum absolute atomic E-state index is 13.0. The van der Waals surface area contributed by atoms with Gasteiger partial charge in [-0.15, -0.1) is 11.8 Å². The minimum Gasteiger partial charge on any atom is -0.268 e. The number of hydrogen-bond acceptors (Lipinski definition) is 4. The molecule has 4 rings (SSSR count). The monoisotopic (exact) mass is 430 g/mol. The van der Waals surface area contributed by atoms with Gasteiger partial charge in [-0.3, -0.25) is 9.36 Å². The SMILES string of the molecule is O=c1c2c(nc(SCc3ccc(Br)cc3)n1-c1ccccc1)CCS2. The maximum atomic E-state index is 13.0. The number of benzene rings is 2. The van der Waals surface area contributed by atoms with Crippen LogP contribution in [0.5, 0.6) is 0 Å². The highest BCUT2D eigenvalue weighted by molar-refractivity contribution is 9.10. The first-order chi connectivity index (χ1) is 12.2. The molecule has 2 heterocycles. The number of aryl methyl sites for hydroxylation is 1. The summed E-state index contributed by atoms with van der Waals surface area (Å²) in [5.41, 5.74) is 3.07. The van der Waals surface area contributed by atoms with Gasteiger partial charge in [0, 0.05) is 22.4 Å². The largest absolute Gasteiger partial charge is 0.272 e. The van der Waals surface area contributed by atoms with Crippen LogP contribution < -0.4 is 5.56 Å². The third-order valence-corrected chi connectivity index (χ3v) is 6.61. The molecule has 0 radical (unpaired) electrons. The Balaban J connectivity index is 1.74. The Morgan fingerprint density at radius 3 is 2.64 bits per heavy atom. The lowest BCUT2D eigenvalue weighted by Crippen LogP contribution is -2.23. The third kappa shape index (κ3) is 3.57. The molecule has 3 nitrogen and oxygen atoms in total. The summed E-state index contributed by atoms with van der Waals surface area (Å²) in [7, 11) is 0. The van der Waals surface area contributed by atoms with Crippen LogP contribution in [-0.4, -0.2) is 15.3 Å². The molecule has 0 unspecified atom stereocenters. The van der Waals surface area contributed by atoms with E-state index in [1.54, 1.807) is 28.1 Å². The van der Waals surface area contributed by atoms with Crippen molar-refractivity contribution >= 4 is 39.5 Å². The van der Waals surface area contributed by atoms with E-state index < -0.39 is 0 Å². The quantitative estimate of drug-likeness (QED) is 0.433. The number of aromatic nitrogens is 2. The molecule has 25 heavy (non-hydrogen) atoms. The first-order valence-corrected chi connectivity index (χ1v) is 10.7. The zero-order valence-electron chi connectivity index (χ0n) is 13.3. The van der Waals surface area contributed by atoms with Crippen molar-refractivity contribution in [2.45, 2.75) is 22.2 Å². The van der Waals surface area contributed by atoms with Crippen LogP contribution in [0.4, 0.5) is 0 Å². The van der Waals surface area contributed by atoms with Crippen LogP contribution in [0.3, 0.4) is 0 Å². The summed E-state index contributed by atoms with van der Waals surface area (Å²) in [5, 5.41) is 0.764. The van der Waals surface area contributed by atoms with E-state index >= 15 is 0 Å². The summed E-state index contributed by atoms with van der Waals surface area (Å²) in [5.74, 6) is 1.71. The summed E-state index contributed by atoms with van der Waals surface area (Å²) in [4.78, 5) is 18.6. The highest BCUT2D eigenvalue weighted by atomic mass is 79.9. The van der Waals surface area contributed by atoms with E-state index in [1.165, 1.54) is 5.56 Å². The predicted molar refractivity (Wildman–Crippen MR) is 108 cm³/mol. The van der Waals surface area contributed by atoms with E-state index in [0.29, 0.717) is 0 Å². The van der Waals surface area contributed by atoms with Crippen LogP contribution in [0.25, 0.3) is 5.69 Å². The topological polar surface area (TPSA) is 34.9 Å². The molecule has 0 saturated carbocycles. The fraction of sp³-hybridized carbons (Fsp3) is 0.158. The van der Waals surface area contributed by atoms with Crippen LogP contribution in [0, 0.1) is 0 Å². The van der Waals surface area contributed by atoms with E-state index in [2.05, 4.69) is 28.1 Å². The first kappa shape index (κ1) is 16.9. The lowest BCUT2D eigenvalue weighted by atomic mass is 10.2. The predicted octanol–water partition coefficient (Wildman–Crippen LogP) is 4.94. The number of halogens is 1. The molecule has 6 heteroatoms. The Kier molecular flexibility index (Phi) is 5.01. The molecule has 0 aliphatic carbocycles. The van der Waals surface area contributed by atoms with Gasteiger partial charge in [-0.1, -0.05) is 58.0 Å². The van der Waals surface area contributed by atoms with Crippen LogP contribution >= 0.6 is 39.5 Å². The van der Waals surface area contributed by atoms with Crippen LogP contribution in [0.15, 0.2) is 73.9 Å². The van der Waals surface area contributed by atoms with Gasteiger partial charge < -0.3 is 0 Å². The summed E-state index contributed by atoms with van der Waals surface area (Å²) in [6.07, 6.45) is 0.872. The van der Waals surface area contributed by atoms with E-state index in [-0.39, 0.29) is 5.56 Å². The zero-order valence-corrected chi connectivity index (χ0v) is 16.5. The number of fused-ring (bicyclic) bond motifs is 1. The van der Waals surface area contributed by atoms with E-state index in [1.807, 2.05) is 42.5 Å². The smallest absolute Gasteiger partial charge is 0.268 e. The second kappa shape index (κ2) is 7.40. The fourth-order valence-corrected chi connectivity index (χ4v) is 5.00. The maximum Gasteiger partial charge on any atom is 0.272 e. The van der Waals surface area contributed by atoms with E-state index in [9.17, 15) is 4.79 Å². The third-order valence-electron chi connectivity index (χ3n) is 3.96. The van der Waals surface area contributed by atoms with Crippen molar-refractivity contribution in [2.75, 3.05) is 5.75 Å². The molecule has 0 fully saturated rings. The molecular formula is C19H15BrN2OS2. The second-order valence-corrected chi connectivity index (χ2v) is 8.62. The van der Waals surface area contributed by atoms with Crippen molar-refractivity contribution in [1.82, 2.24) is 9.55 Å². The van der Waals surface area contributed by atoms with E-state index in [4.69, 9.17) is 4.98 Å². The number of hydrogen-bond donors (Lipinski definition) is 0. The lowest BCUT2D eigenvalue weighted by molar-refractivity contribution is 0.739. The zero-order chi connectivity index (χ0) is 17.2. The molecule has 1 aliphatic rings. The van der Waals surface area contributed by atoms with Crippen LogP contribution in [0.1, 0.15) is 11.3 Å². The first-order valence-electron chi connectivity index (χ1n) is 7.94. The van der Waals surface area contributed by atoms with Crippen molar-refractivity contribution in [1.29, 1.82) is 0 Å².